The first kappa shape index (κ1) is 13.8. The molecule has 0 saturated carbocycles. The number of rotatable bonds is 6. The van der Waals surface area contributed by atoms with Crippen LogP contribution in [0.4, 0.5) is 0 Å². The summed E-state index contributed by atoms with van der Waals surface area (Å²) in [5, 5.41) is 0. The topological polar surface area (TPSA) is 0 Å². The summed E-state index contributed by atoms with van der Waals surface area (Å²) >= 11 is 12.8. The molecule has 0 nitrogen and oxygen atoms in total. The monoisotopic (exact) mass is 240 g/mol. The predicted octanol–water partition coefficient (Wildman–Crippen LogP) is 5.00. The molecule has 0 saturated heterocycles. The van der Waals surface area contributed by atoms with Gasteiger partial charge in [0, 0.05) is 0 Å². The Morgan fingerprint density at radius 1 is 0.923 bits per heavy atom. The van der Waals surface area contributed by atoms with Gasteiger partial charge in [-0.15, -0.1) is 22.2 Å². The van der Waals surface area contributed by atoms with Crippen molar-refractivity contribution in [1.29, 1.82) is 0 Å². The van der Waals surface area contributed by atoms with Crippen molar-refractivity contribution in [2.75, 3.05) is 0 Å². The van der Waals surface area contributed by atoms with Crippen molar-refractivity contribution in [3.8, 4) is 0 Å². The van der Waals surface area contributed by atoms with Crippen molar-refractivity contribution in [3.63, 3.8) is 0 Å². The van der Waals surface area contributed by atoms with Crippen LogP contribution in [0.25, 0.3) is 0 Å². The Bertz CT molecular complexity index is 123. The van der Waals surface area contributed by atoms with Crippen LogP contribution in [0.2, 0.25) is 12.1 Å². The molecule has 0 rings (SSSR count). The summed E-state index contributed by atoms with van der Waals surface area (Å²) in [6, 6.07) is 2.11. The Balaban J connectivity index is 3.92. The van der Waals surface area contributed by atoms with Crippen LogP contribution in [0.1, 0.15) is 40.5 Å². The minimum Gasteiger partial charge on any atom is -0.146 e. The van der Waals surface area contributed by atoms with Crippen molar-refractivity contribution < 1.29 is 0 Å². The van der Waals surface area contributed by atoms with Crippen LogP contribution in [0, 0.1) is 11.8 Å². The predicted molar refractivity (Wildman–Crippen MR) is 66.0 cm³/mol. The summed E-state index contributed by atoms with van der Waals surface area (Å²) < 4.78 is 0. The summed E-state index contributed by atoms with van der Waals surface area (Å²) in [5.41, 5.74) is 0. The molecule has 2 atom stereocenters. The maximum absolute atomic E-state index is 6.39. The molecule has 0 aliphatic carbocycles. The standard InChI is InChI=1S/C10H22Cl2Si/c1-5-9(3)7-13(11,12)8-10(4)6-2/h9-10H,5-8H2,1-4H3/t9-,10?/m0/s1. The van der Waals surface area contributed by atoms with Gasteiger partial charge >= 0.3 is 0 Å². The first-order valence-corrected chi connectivity index (χ1v) is 9.72. The van der Waals surface area contributed by atoms with E-state index in [9.17, 15) is 0 Å². The quantitative estimate of drug-likeness (QED) is 0.453. The average molecular weight is 241 g/mol. The number of halogens is 2. The second kappa shape index (κ2) is 6.31. The molecule has 0 aromatic rings. The van der Waals surface area contributed by atoms with Crippen LogP contribution in [0.3, 0.4) is 0 Å². The second-order valence-corrected chi connectivity index (χ2v) is 11.7. The molecule has 1 unspecified atom stereocenters. The van der Waals surface area contributed by atoms with E-state index in [0.717, 1.165) is 12.1 Å². The van der Waals surface area contributed by atoms with E-state index in [4.69, 9.17) is 22.2 Å². The van der Waals surface area contributed by atoms with Gasteiger partial charge < -0.3 is 0 Å². The van der Waals surface area contributed by atoms with E-state index >= 15 is 0 Å². The van der Waals surface area contributed by atoms with Crippen LogP contribution in [0.15, 0.2) is 0 Å². The van der Waals surface area contributed by atoms with Crippen molar-refractivity contribution >= 4 is 28.9 Å². The number of hydrogen-bond acceptors (Lipinski definition) is 0. The van der Waals surface area contributed by atoms with E-state index in [1.54, 1.807) is 0 Å². The van der Waals surface area contributed by atoms with Gasteiger partial charge in [-0.3, -0.25) is 0 Å². The molecule has 0 spiro atoms. The smallest absolute Gasteiger partial charge is 0.146 e. The summed E-state index contributed by atoms with van der Waals surface area (Å²) in [5.74, 6) is 1.37. The molecule has 0 aliphatic rings. The van der Waals surface area contributed by atoms with Crippen molar-refractivity contribution in [2.45, 2.75) is 52.6 Å². The lowest BCUT2D eigenvalue weighted by Gasteiger charge is -2.23. The van der Waals surface area contributed by atoms with E-state index in [0.29, 0.717) is 11.8 Å². The number of hydrogen-bond donors (Lipinski definition) is 0. The van der Waals surface area contributed by atoms with Crippen LogP contribution >= 0.6 is 22.2 Å². The van der Waals surface area contributed by atoms with Gasteiger partial charge in [-0.05, 0) is 23.9 Å². The zero-order valence-corrected chi connectivity index (χ0v) is 11.8. The molecule has 13 heavy (non-hydrogen) atoms. The van der Waals surface area contributed by atoms with Crippen LogP contribution < -0.4 is 0 Å². The summed E-state index contributed by atoms with van der Waals surface area (Å²) in [6.07, 6.45) is 2.38. The first-order chi connectivity index (χ1) is 5.91. The lowest BCUT2D eigenvalue weighted by Crippen LogP contribution is -2.24. The van der Waals surface area contributed by atoms with Crippen LogP contribution in [-0.2, 0) is 0 Å². The summed E-state index contributed by atoms with van der Waals surface area (Å²) in [6.45, 7) is 6.95. The van der Waals surface area contributed by atoms with Gasteiger partial charge in [0.25, 0.3) is 6.69 Å². The molecule has 0 bridgehead atoms. The Labute approximate surface area is 93.4 Å². The third kappa shape index (κ3) is 6.81. The molecule has 0 aromatic heterocycles. The normalized spacial score (nSPS) is 17.1. The molecule has 3 heteroatoms. The van der Waals surface area contributed by atoms with Crippen molar-refractivity contribution in [2.24, 2.45) is 11.8 Å². The van der Waals surface area contributed by atoms with E-state index in [1.807, 2.05) is 0 Å². The first-order valence-electron chi connectivity index (χ1n) is 5.29. The molecule has 0 aliphatic heterocycles. The molecular weight excluding hydrogens is 219 g/mol. The Hall–Kier alpha value is 0.797. The van der Waals surface area contributed by atoms with E-state index in [-0.39, 0.29) is 0 Å². The molecular formula is C10H22Cl2Si. The lowest BCUT2D eigenvalue weighted by atomic mass is 10.1. The lowest BCUT2D eigenvalue weighted by molar-refractivity contribution is 0.594. The summed E-state index contributed by atoms with van der Waals surface area (Å²) in [7, 11) is 0. The largest absolute Gasteiger partial charge is 0.251 e. The fraction of sp³-hybridized carbons (Fsp3) is 1.00. The SMILES string of the molecule is CCC(C)C[Si](Cl)(Cl)C[C@@H](C)CC. The Kier molecular flexibility index (Phi) is 6.70. The molecule has 0 aromatic carbocycles. The highest BCUT2D eigenvalue weighted by atomic mass is 35.7. The third-order valence-electron chi connectivity index (χ3n) is 2.69. The van der Waals surface area contributed by atoms with Gasteiger partial charge in [-0.2, -0.15) is 0 Å². The van der Waals surface area contributed by atoms with Gasteiger partial charge in [-0.25, -0.2) is 0 Å². The van der Waals surface area contributed by atoms with Gasteiger partial charge in [-0.1, -0.05) is 40.5 Å². The Morgan fingerprint density at radius 3 is 1.46 bits per heavy atom. The molecule has 0 amide bonds. The zero-order chi connectivity index (χ0) is 10.5. The molecule has 0 radical (unpaired) electrons. The van der Waals surface area contributed by atoms with E-state index in [1.165, 1.54) is 12.8 Å². The minimum atomic E-state index is -1.93. The fourth-order valence-corrected chi connectivity index (χ4v) is 7.34. The zero-order valence-electron chi connectivity index (χ0n) is 9.24. The molecule has 0 fully saturated rings. The second-order valence-electron chi connectivity index (χ2n) is 4.29. The van der Waals surface area contributed by atoms with Gasteiger partial charge in [0.15, 0.2) is 0 Å². The fourth-order valence-electron chi connectivity index (χ4n) is 1.39. The van der Waals surface area contributed by atoms with Gasteiger partial charge in [0.05, 0.1) is 0 Å². The highest BCUT2D eigenvalue weighted by Gasteiger charge is 2.31. The van der Waals surface area contributed by atoms with Gasteiger partial charge in [0.2, 0.25) is 0 Å². The molecule has 80 valence electrons. The van der Waals surface area contributed by atoms with E-state index in [2.05, 4.69) is 27.7 Å². The molecule has 0 heterocycles. The van der Waals surface area contributed by atoms with E-state index < -0.39 is 6.69 Å². The maximum Gasteiger partial charge on any atom is 0.251 e. The molecule has 0 N–H and O–H groups in total. The van der Waals surface area contributed by atoms with Crippen molar-refractivity contribution in [1.82, 2.24) is 0 Å². The Morgan fingerprint density at radius 2 is 1.23 bits per heavy atom. The summed E-state index contributed by atoms with van der Waals surface area (Å²) in [4.78, 5) is 0. The highest BCUT2D eigenvalue weighted by molar-refractivity contribution is 7.45. The minimum absolute atomic E-state index is 0.686. The van der Waals surface area contributed by atoms with Gasteiger partial charge in [0.1, 0.15) is 0 Å². The highest BCUT2D eigenvalue weighted by Crippen LogP contribution is 2.34. The van der Waals surface area contributed by atoms with Crippen molar-refractivity contribution in [3.05, 3.63) is 0 Å². The average Bonchev–Trinajstić information content (AvgIpc) is 2.02. The van der Waals surface area contributed by atoms with Crippen LogP contribution in [-0.4, -0.2) is 6.69 Å². The third-order valence-corrected chi connectivity index (χ3v) is 7.13. The maximum atomic E-state index is 6.39. The van der Waals surface area contributed by atoms with Crippen LogP contribution in [0.5, 0.6) is 0 Å².